The second-order valence-corrected chi connectivity index (χ2v) is 9.09. The van der Waals surface area contributed by atoms with Crippen LogP contribution in [0.15, 0.2) is 59.0 Å². The number of nitrogens with zero attached hydrogens (tertiary/aromatic N) is 4. The number of hydrogen-bond donors (Lipinski definition) is 0. The molecular formula is C28H32N4O2. The van der Waals surface area contributed by atoms with Gasteiger partial charge in [-0.3, -0.25) is 14.4 Å². The van der Waals surface area contributed by atoms with Crippen molar-refractivity contribution < 1.29 is 9.21 Å². The van der Waals surface area contributed by atoms with E-state index in [2.05, 4.69) is 36.9 Å². The maximum Gasteiger partial charge on any atom is 0.272 e. The molecule has 4 aromatic rings. The van der Waals surface area contributed by atoms with Crippen molar-refractivity contribution in [3.05, 3.63) is 65.9 Å². The minimum Gasteiger partial charge on any atom is -0.456 e. The summed E-state index contributed by atoms with van der Waals surface area (Å²) in [6, 6.07) is 18.7. The first-order valence-corrected chi connectivity index (χ1v) is 12.2. The van der Waals surface area contributed by atoms with Crippen molar-refractivity contribution in [2.75, 3.05) is 26.2 Å². The number of carbonyl (C=O) groups excluding carboxylic acids is 1. The lowest BCUT2D eigenvalue weighted by Crippen LogP contribution is -2.39. The molecule has 6 heteroatoms. The fourth-order valence-corrected chi connectivity index (χ4v) is 5.26. The van der Waals surface area contributed by atoms with Gasteiger partial charge in [0.1, 0.15) is 17.0 Å². The van der Waals surface area contributed by atoms with Gasteiger partial charge in [-0.15, -0.1) is 0 Å². The molecule has 1 aliphatic rings. The number of amides is 1. The number of likely N-dealkylation sites (tertiary alicyclic amines) is 1. The Labute approximate surface area is 200 Å². The van der Waals surface area contributed by atoms with Crippen LogP contribution in [0.4, 0.5) is 0 Å². The number of para-hydroxylation sites is 1. The number of rotatable bonds is 6. The van der Waals surface area contributed by atoms with E-state index in [1.807, 2.05) is 55.3 Å². The number of fused-ring (bicyclic) bond motifs is 1. The summed E-state index contributed by atoms with van der Waals surface area (Å²) in [6.07, 6.45) is 1.02. The zero-order valence-corrected chi connectivity index (χ0v) is 20.4. The van der Waals surface area contributed by atoms with Gasteiger partial charge in [-0.25, -0.2) is 0 Å². The number of furan rings is 1. The fraction of sp³-hybridized carbons (Fsp3) is 0.357. The zero-order chi connectivity index (χ0) is 23.8. The Balaban J connectivity index is 1.43. The molecule has 0 radical (unpaired) electrons. The molecule has 0 N–H and O–H groups in total. The molecule has 1 fully saturated rings. The third-order valence-electron chi connectivity index (χ3n) is 7.11. The molecular weight excluding hydrogens is 424 g/mol. The predicted octanol–water partition coefficient (Wildman–Crippen LogP) is 5.37. The van der Waals surface area contributed by atoms with Crippen LogP contribution in [0, 0.1) is 6.92 Å². The smallest absolute Gasteiger partial charge is 0.272 e. The molecule has 0 spiro atoms. The number of hydrogen-bond acceptors (Lipinski definition) is 4. The monoisotopic (exact) mass is 456 g/mol. The molecule has 2 aromatic carbocycles. The maximum absolute atomic E-state index is 13.5. The first kappa shape index (κ1) is 22.4. The van der Waals surface area contributed by atoms with Gasteiger partial charge in [0.05, 0.1) is 5.69 Å². The van der Waals surface area contributed by atoms with E-state index >= 15 is 0 Å². The average molecular weight is 457 g/mol. The molecule has 176 valence electrons. The van der Waals surface area contributed by atoms with Crippen molar-refractivity contribution in [3.63, 3.8) is 0 Å². The summed E-state index contributed by atoms with van der Waals surface area (Å²) in [5.74, 6) is 0.897. The molecule has 0 aliphatic carbocycles. The first-order valence-electron chi connectivity index (χ1n) is 12.2. The predicted molar refractivity (Wildman–Crippen MR) is 136 cm³/mol. The van der Waals surface area contributed by atoms with Crippen LogP contribution in [-0.4, -0.2) is 57.7 Å². The lowest BCUT2D eigenvalue weighted by Gasteiger charge is -2.26. The van der Waals surface area contributed by atoms with E-state index < -0.39 is 0 Å². The summed E-state index contributed by atoms with van der Waals surface area (Å²) < 4.78 is 7.81. The van der Waals surface area contributed by atoms with Gasteiger partial charge in [-0.2, -0.15) is 5.10 Å². The molecule has 1 unspecified atom stereocenters. The van der Waals surface area contributed by atoms with Gasteiger partial charge in [0, 0.05) is 48.3 Å². The number of likely N-dealkylation sites (N-methyl/N-ethyl adjacent to an activating group) is 1. The lowest BCUT2D eigenvalue weighted by molar-refractivity contribution is 0.0766. The van der Waals surface area contributed by atoms with Crippen LogP contribution in [0.2, 0.25) is 0 Å². The third-order valence-corrected chi connectivity index (χ3v) is 7.11. The van der Waals surface area contributed by atoms with Crippen molar-refractivity contribution in [2.24, 2.45) is 7.05 Å². The maximum atomic E-state index is 13.5. The SMILES string of the molecule is CCN(CC)C1CCN(C(=O)c2c(C)c(-c3cccc(-c4cc5ccccc5o4)c3)nn2C)C1. The van der Waals surface area contributed by atoms with Crippen LogP contribution in [0.3, 0.4) is 0 Å². The number of aromatic nitrogens is 2. The highest BCUT2D eigenvalue weighted by Gasteiger charge is 2.32. The van der Waals surface area contributed by atoms with Crippen LogP contribution < -0.4 is 0 Å². The van der Waals surface area contributed by atoms with Gasteiger partial charge >= 0.3 is 0 Å². The van der Waals surface area contributed by atoms with Gasteiger partial charge in [-0.05, 0) is 44.6 Å². The van der Waals surface area contributed by atoms with Gasteiger partial charge in [0.2, 0.25) is 0 Å². The largest absolute Gasteiger partial charge is 0.456 e. The van der Waals surface area contributed by atoms with E-state index in [9.17, 15) is 4.79 Å². The summed E-state index contributed by atoms with van der Waals surface area (Å²) in [5.41, 5.74) is 5.27. The highest BCUT2D eigenvalue weighted by Crippen LogP contribution is 2.32. The molecule has 0 saturated carbocycles. The summed E-state index contributed by atoms with van der Waals surface area (Å²) in [4.78, 5) is 17.9. The third kappa shape index (κ3) is 3.92. The second-order valence-electron chi connectivity index (χ2n) is 9.09. The zero-order valence-electron chi connectivity index (χ0n) is 20.4. The molecule has 1 atom stereocenters. The number of aryl methyl sites for hydroxylation is 1. The van der Waals surface area contributed by atoms with Crippen LogP contribution >= 0.6 is 0 Å². The summed E-state index contributed by atoms with van der Waals surface area (Å²) >= 11 is 0. The van der Waals surface area contributed by atoms with Crippen LogP contribution in [-0.2, 0) is 7.05 Å². The molecule has 34 heavy (non-hydrogen) atoms. The van der Waals surface area contributed by atoms with E-state index in [1.54, 1.807) is 4.68 Å². The summed E-state index contributed by atoms with van der Waals surface area (Å²) in [6.45, 7) is 9.97. The Morgan fingerprint density at radius 1 is 1.09 bits per heavy atom. The van der Waals surface area contributed by atoms with Crippen LogP contribution in [0.1, 0.15) is 36.3 Å². The van der Waals surface area contributed by atoms with Crippen molar-refractivity contribution >= 4 is 16.9 Å². The summed E-state index contributed by atoms with van der Waals surface area (Å²) in [5, 5.41) is 5.85. The van der Waals surface area contributed by atoms with Crippen LogP contribution in [0.5, 0.6) is 0 Å². The fourth-order valence-electron chi connectivity index (χ4n) is 5.26. The minimum atomic E-state index is 0.0712. The highest BCUT2D eigenvalue weighted by atomic mass is 16.3. The van der Waals surface area contributed by atoms with Crippen molar-refractivity contribution in [1.29, 1.82) is 0 Å². The Hall–Kier alpha value is -3.38. The van der Waals surface area contributed by atoms with Gasteiger partial charge in [0.25, 0.3) is 5.91 Å². The highest BCUT2D eigenvalue weighted by molar-refractivity contribution is 5.96. The quantitative estimate of drug-likeness (QED) is 0.392. The Kier molecular flexibility index (Phi) is 6.00. The second kappa shape index (κ2) is 9.11. The lowest BCUT2D eigenvalue weighted by atomic mass is 10.0. The van der Waals surface area contributed by atoms with E-state index in [0.29, 0.717) is 11.7 Å². The molecule has 1 amide bonds. The molecule has 1 saturated heterocycles. The van der Waals surface area contributed by atoms with E-state index in [4.69, 9.17) is 9.52 Å². The summed E-state index contributed by atoms with van der Waals surface area (Å²) in [7, 11) is 1.87. The topological polar surface area (TPSA) is 54.5 Å². The number of carbonyl (C=O) groups is 1. The van der Waals surface area contributed by atoms with Gasteiger partial charge < -0.3 is 9.32 Å². The normalized spacial score (nSPS) is 16.1. The Bertz CT molecular complexity index is 1300. The van der Waals surface area contributed by atoms with E-state index in [0.717, 1.165) is 71.7 Å². The minimum absolute atomic E-state index is 0.0712. The average Bonchev–Trinajstić information content (AvgIpc) is 3.57. The van der Waals surface area contributed by atoms with Crippen molar-refractivity contribution in [1.82, 2.24) is 19.6 Å². The van der Waals surface area contributed by atoms with Crippen molar-refractivity contribution in [2.45, 2.75) is 33.2 Å². The van der Waals surface area contributed by atoms with Gasteiger partial charge in [0.15, 0.2) is 0 Å². The van der Waals surface area contributed by atoms with Crippen molar-refractivity contribution in [3.8, 4) is 22.6 Å². The molecule has 6 nitrogen and oxygen atoms in total. The Morgan fingerprint density at radius 3 is 2.62 bits per heavy atom. The Morgan fingerprint density at radius 2 is 1.85 bits per heavy atom. The molecule has 3 heterocycles. The van der Waals surface area contributed by atoms with Crippen LogP contribution in [0.25, 0.3) is 33.6 Å². The molecule has 2 aromatic heterocycles. The standard InChI is InChI=1S/C28H32N4O2/c1-5-31(6-2)23-14-15-32(18-23)28(33)27-19(3)26(29-30(27)4)22-12-9-11-20(16-22)25-17-21-10-7-8-13-24(21)34-25/h7-13,16-17,23H,5-6,14-15,18H2,1-4H3. The molecule has 0 bridgehead atoms. The first-order chi connectivity index (χ1) is 16.5. The molecule has 1 aliphatic heterocycles. The molecule has 5 rings (SSSR count). The van der Waals surface area contributed by atoms with Gasteiger partial charge in [-0.1, -0.05) is 50.2 Å². The van der Waals surface area contributed by atoms with E-state index in [1.165, 1.54) is 0 Å². The van der Waals surface area contributed by atoms with E-state index in [-0.39, 0.29) is 5.91 Å². The number of benzene rings is 2.